The number of anilines is 1. The van der Waals surface area contributed by atoms with Crippen LogP contribution in [0.5, 0.6) is 0 Å². The zero-order valence-electron chi connectivity index (χ0n) is 10.9. The molecule has 2 aromatic rings. The van der Waals surface area contributed by atoms with E-state index in [0.717, 1.165) is 22.5 Å². The Morgan fingerprint density at radius 3 is 2.52 bits per heavy atom. The molecule has 1 aromatic carbocycles. The lowest BCUT2D eigenvalue weighted by Crippen LogP contribution is -2.22. The van der Waals surface area contributed by atoms with Crippen molar-refractivity contribution in [1.82, 2.24) is 0 Å². The summed E-state index contributed by atoms with van der Waals surface area (Å²) in [7, 11) is 2.26. The van der Waals surface area contributed by atoms with Crippen molar-refractivity contribution < 1.29 is 13.2 Å². The van der Waals surface area contributed by atoms with Crippen molar-refractivity contribution in [3.05, 3.63) is 50.0 Å². The Morgan fingerprint density at radius 1 is 1.29 bits per heavy atom. The van der Waals surface area contributed by atoms with Crippen molar-refractivity contribution >= 4 is 37.3 Å². The second-order valence-electron chi connectivity index (χ2n) is 4.29. The molecule has 21 heavy (non-hydrogen) atoms. The predicted molar refractivity (Wildman–Crippen MR) is 81.6 cm³/mol. The largest absolute Gasteiger partial charge is 0.416 e. The van der Waals surface area contributed by atoms with Gasteiger partial charge in [-0.25, -0.2) is 0 Å². The summed E-state index contributed by atoms with van der Waals surface area (Å²) in [4.78, 5) is 13.2. The second kappa shape index (κ2) is 6.37. The van der Waals surface area contributed by atoms with Gasteiger partial charge in [0.25, 0.3) is 4.74 Å². The Balaban J connectivity index is 2.27. The molecular weight excluding hydrogens is 343 g/mol. The van der Waals surface area contributed by atoms with Crippen molar-refractivity contribution in [2.24, 2.45) is 0 Å². The van der Waals surface area contributed by atoms with Crippen molar-refractivity contribution in [1.29, 1.82) is 0 Å². The summed E-state index contributed by atoms with van der Waals surface area (Å²) in [6, 6.07) is 5.16. The first-order valence-corrected chi connectivity index (χ1v) is 8.55. The van der Waals surface area contributed by atoms with E-state index in [1.807, 2.05) is 6.92 Å². The molecule has 0 unspecified atom stereocenters. The van der Waals surface area contributed by atoms with Gasteiger partial charge in [0.1, 0.15) is 10.0 Å². The van der Waals surface area contributed by atoms with Crippen molar-refractivity contribution in [3.8, 4) is 0 Å². The van der Waals surface area contributed by atoms with E-state index in [0.29, 0.717) is 17.1 Å². The van der Waals surface area contributed by atoms with Crippen LogP contribution in [0, 0.1) is 0 Å². The number of halogens is 4. The van der Waals surface area contributed by atoms with Gasteiger partial charge in [-0.1, -0.05) is 34.1 Å². The summed E-state index contributed by atoms with van der Waals surface area (Å²) in [5, 5.41) is 0.741. The van der Waals surface area contributed by atoms with Gasteiger partial charge in [0.2, 0.25) is 0 Å². The molecule has 2 rings (SSSR count). The molecule has 0 spiro atoms. The molecule has 0 fully saturated rings. The van der Waals surface area contributed by atoms with Crippen molar-refractivity contribution in [3.63, 3.8) is 0 Å². The summed E-state index contributed by atoms with van der Waals surface area (Å²) in [5.41, 5.74) is -0.158. The quantitative estimate of drug-likeness (QED) is 0.731. The van der Waals surface area contributed by atoms with Gasteiger partial charge < -0.3 is 4.90 Å². The zero-order chi connectivity index (χ0) is 15.6. The third kappa shape index (κ3) is 3.78. The molecule has 0 saturated carbocycles. The fourth-order valence-corrected chi connectivity index (χ4v) is 4.58. The first kappa shape index (κ1) is 16.3. The van der Waals surface area contributed by atoms with Gasteiger partial charge in [0.15, 0.2) is 0 Å². The molecule has 1 aromatic heterocycles. The molecule has 0 bridgehead atoms. The summed E-state index contributed by atoms with van der Waals surface area (Å²) >= 11 is 5.94. The molecule has 0 atom stereocenters. The molecule has 0 N–H and O–H groups in total. The lowest BCUT2D eigenvalue weighted by molar-refractivity contribution is -0.137. The molecule has 0 saturated heterocycles. The minimum Gasteiger partial charge on any atom is -0.357 e. The summed E-state index contributed by atoms with van der Waals surface area (Å²) in [6.07, 6.45) is -4.36. The van der Waals surface area contributed by atoms with E-state index in [2.05, 4.69) is 0 Å². The van der Waals surface area contributed by atoms with E-state index in [9.17, 15) is 18.0 Å². The predicted octanol–water partition coefficient (Wildman–Crippen LogP) is 4.87. The third-order valence-electron chi connectivity index (χ3n) is 2.86. The van der Waals surface area contributed by atoms with Gasteiger partial charge in [-0.2, -0.15) is 13.2 Å². The highest BCUT2D eigenvalue weighted by atomic mass is 35.5. The minimum atomic E-state index is -4.36. The van der Waals surface area contributed by atoms with Crippen LogP contribution in [0.25, 0.3) is 0 Å². The van der Waals surface area contributed by atoms with Gasteiger partial charge in [-0.15, -0.1) is 0 Å². The molecule has 114 valence electrons. The minimum absolute atomic E-state index is 0.138. The Hall–Kier alpha value is -1.05. The number of benzene rings is 1. The van der Waals surface area contributed by atoms with Crippen LogP contribution in [0.1, 0.15) is 18.1 Å². The fraction of sp³-hybridized carbons (Fsp3) is 0.308. The molecular formula is C13H11ClF3NOS2. The average molecular weight is 354 g/mol. The highest BCUT2D eigenvalue weighted by molar-refractivity contribution is 7.70. The SMILES string of the molecule is CCN(Cc1cccc(C(F)(F)F)c1)c1ssc(=O)c1Cl. The number of rotatable bonds is 4. The molecule has 2 nitrogen and oxygen atoms in total. The van der Waals surface area contributed by atoms with Crippen LogP contribution in [0.2, 0.25) is 5.02 Å². The van der Waals surface area contributed by atoms with E-state index < -0.39 is 11.7 Å². The van der Waals surface area contributed by atoms with E-state index >= 15 is 0 Å². The van der Waals surface area contributed by atoms with Crippen molar-refractivity contribution in [2.45, 2.75) is 19.6 Å². The lowest BCUT2D eigenvalue weighted by Gasteiger charge is -2.21. The summed E-state index contributed by atoms with van der Waals surface area (Å²) < 4.78 is 37.9. The van der Waals surface area contributed by atoms with Gasteiger partial charge in [-0.3, -0.25) is 4.79 Å². The zero-order valence-corrected chi connectivity index (χ0v) is 13.3. The fourth-order valence-electron chi connectivity index (χ4n) is 1.82. The van der Waals surface area contributed by atoms with Crippen LogP contribution in [-0.2, 0) is 12.7 Å². The third-order valence-corrected chi connectivity index (χ3v) is 5.67. The van der Waals surface area contributed by atoms with Crippen molar-refractivity contribution in [2.75, 3.05) is 11.4 Å². The Bertz CT molecular complexity index is 681. The number of hydrogen-bond donors (Lipinski definition) is 0. The molecule has 1 heterocycles. The monoisotopic (exact) mass is 353 g/mol. The number of alkyl halides is 3. The smallest absolute Gasteiger partial charge is 0.357 e. The maximum atomic E-state index is 12.7. The highest BCUT2D eigenvalue weighted by Crippen LogP contribution is 2.33. The summed E-state index contributed by atoms with van der Waals surface area (Å²) in [5.74, 6) is 0. The number of nitrogens with zero attached hydrogens (tertiary/aromatic N) is 1. The molecule has 0 radical (unpaired) electrons. The van der Waals surface area contributed by atoms with Gasteiger partial charge in [0.05, 0.1) is 5.56 Å². The summed E-state index contributed by atoms with van der Waals surface area (Å²) in [6.45, 7) is 2.67. The molecule has 0 aliphatic carbocycles. The van der Waals surface area contributed by atoms with Gasteiger partial charge in [0, 0.05) is 13.1 Å². The second-order valence-corrected chi connectivity index (χ2v) is 6.75. The standard InChI is InChI=1S/C13H11ClF3NOS2/c1-2-18(11-10(14)12(19)21-20-11)7-8-4-3-5-9(6-8)13(15,16)17/h3-6H,2,7H2,1H3. The van der Waals surface area contributed by atoms with Crippen LogP contribution in [-0.4, -0.2) is 6.54 Å². The molecule has 0 amide bonds. The van der Waals surface area contributed by atoms with E-state index in [1.165, 1.54) is 16.4 Å². The van der Waals surface area contributed by atoms with Gasteiger partial charge >= 0.3 is 6.18 Å². The normalized spacial score (nSPS) is 11.7. The first-order valence-electron chi connectivity index (χ1n) is 6.02. The first-order chi connectivity index (χ1) is 9.82. The maximum absolute atomic E-state index is 12.7. The Morgan fingerprint density at radius 2 is 2.00 bits per heavy atom. The maximum Gasteiger partial charge on any atom is 0.416 e. The Kier molecular flexibility index (Phi) is 4.95. The average Bonchev–Trinajstić information content (AvgIpc) is 2.76. The van der Waals surface area contributed by atoms with Crippen LogP contribution < -0.4 is 9.64 Å². The van der Waals surface area contributed by atoms with Crippen LogP contribution in [0.15, 0.2) is 29.1 Å². The van der Waals surface area contributed by atoms with Crippen LogP contribution in [0.3, 0.4) is 0 Å². The van der Waals surface area contributed by atoms with Gasteiger partial charge in [-0.05, 0) is 35.0 Å². The van der Waals surface area contributed by atoms with Crippen LogP contribution in [0.4, 0.5) is 18.2 Å². The highest BCUT2D eigenvalue weighted by Gasteiger charge is 2.30. The van der Waals surface area contributed by atoms with E-state index in [-0.39, 0.29) is 16.3 Å². The molecule has 0 aliphatic heterocycles. The molecule has 0 aliphatic rings. The lowest BCUT2D eigenvalue weighted by atomic mass is 10.1. The molecule has 8 heteroatoms. The topological polar surface area (TPSA) is 20.3 Å². The van der Waals surface area contributed by atoms with E-state index in [4.69, 9.17) is 11.6 Å². The van der Waals surface area contributed by atoms with Crippen LogP contribution >= 0.6 is 32.3 Å². The number of hydrogen-bond acceptors (Lipinski definition) is 4. The van der Waals surface area contributed by atoms with E-state index in [1.54, 1.807) is 11.0 Å². The Labute approximate surface area is 131 Å².